The summed E-state index contributed by atoms with van der Waals surface area (Å²) in [4.78, 5) is 22.6. The summed E-state index contributed by atoms with van der Waals surface area (Å²) in [6.07, 6.45) is 2.09. The second kappa shape index (κ2) is 5.95. The molecule has 0 radical (unpaired) electrons. The third-order valence-electron chi connectivity index (χ3n) is 2.01. The van der Waals surface area contributed by atoms with Crippen LogP contribution in [-0.2, 0) is 16.0 Å². The molecule has 1 heterocycles. The molecule has 0 unspecified atom stereocenters. The van der Waals surface area contributed by atoms with Gasteiger partial charge in [0.25, 0.3) is 5.91 Å². The van der Waals surface area contributed by atoms with Gasteiger partial charge in [0.15, 0.2) is 0 Å². The Morgan fingerprint density at radius 3 is 2.81 bits per heavy atom. The van der Waals surface area contributed by atoms with Crippen molar-refractivity contribution in [1.29, 1.82) is 0 Å². The molecule has 0 saturated carbocycles. The van der Waals surface area contributed by atoms with Gasteiger partial charge in [0.1, 0.15) is 12.3 Å². The normalized spacial score (nSPS) is 9.88. The highest BCUT2D eigenvalue weighted by Gasteiger charge is 2.14. The highest BCUT2D eigenvalue weighted by molar-refractivity contribution is 5.96. The summed E-state index contributed by atoms with van der Waals surface area (Å²) in [5.41, 5.74) is 0.465. The van der Waals surface area contributed by atoms with Gasteiger partial charge < -0.3 is 14.5 Å². The molecule has 0 aliphatic carbocycles. The molecule has 88 valence electrons. The number of esters is 1. The number of hydrogen-bond donors (Lipinski definition) is 1. The van der Waals surface area contributed by atoms with Crippen LogP contribution in [0.4, 0.5) is 0 Å². The molecule has 0 saturated heterocycles. The van der Waals surface area contributed by atoms with E-state index in [1.165, 1.54) is 6.26 Å². The summed E-state index contributed by atoms with van der Waals surface area (Å²) < 4.78 is 9.80. The van der Waals surface area contributed by atoms with Gasteiger partial charge in [-0.2, -0.15) is 0 Å². The number of amides is 1. The predicted octanol–water partition coefficient (Wildman–Crippen LogP) is 1.13. The predicted molar refractivity (Wildman–Crippen MR) is 57.1 cm³/mol. The lowest BCUT2D eigenvalue weighted by Gasteiger charge is -2.04. The third kappa shape index (κ3) is 3.12. The molecule has 5 heteroatoms. The van der Waals surface area contributed by atoms with Gasteiger partial charge >= 0.3 is 5.97 Å². The van der Waals surface area contributed by atoms with Crippen LogP contribution in [0.5, 0.6) is 0 Å². The number of rotatable bonds is 5. The van der Waals surface area contributed by atoms with E-state index >= 15 is 0 Å². The Bertz CT molecular complexity index is 370. The molecule has 0 aliphatic rings. The Morgan fingerprint density at radius 1 is 1.44 bits per heavy atom. The van der Waals surface area contributed by atoms with E-state index in [4.69, 9.17) is 4.42 Å². The van der Waals surface area contributed by atoms with Crippen molar-refractivity contribution < 1.29 is 18.7 Å². The highest BCUT2D eigenvalue weighted by Crippen LogP contribution is 2.10. The lowest BCUT2D eigenvalue weighted by molar-refractivity contribution is -0.141. The third-order valence-corrected chi connectivity index (χ3v) is 2.01. The molecule has 16 heavy (non-hydrogen) atoms. The van der Waals surface area contributed by atoms with Crippen molar-refractivity contribution in [2.24, 2.45) is 0 Å². The van der Waals surface area contributed by atoms with Crippen molar-refractivity contribution in [2.75, 3.05) is 13.2 Å². The van der Waals surface area contributed by atoms with Gasteiger partial charge in [0.2, 0.25) is 0 Å². The minimum atomic E-state index is -0.447. The average Bonchev–Trinajstić information content (AvgIpc) is 2.74. The minimum Gasteiger partial charge on any atom is -0.469 e. The molecule has 1 aromatic rings. The van der Waals surface area contributed by atoms with Crippen LogP contribution < -0.4 is 5.32 Å². The van der Waals surface area contributed by atoms with Crippen molar-refractivity contribution in [3.63, 3.8) is 0 Å². The van der Waals surface area contributed by atoms with E-state index in [1.54, 1.807) is 13.0 Å². The Hall–Kier alpha value is -1.78. The van der Waals surface area contributed by atoms with Crippen LogP contribution in [0.2, 0.25) is 0 Å². The number of ether oxygens (including phenoxy) is 1. The Kier molecular flexibility index (Phi) is 4.57. The smallest absolute Gasteiger partial charge is 0.325 e. The fourth-order valence-electron chi connectivity index (χ4n) is 1.28. The number of carbonyl (C=O) groups excluding carboxylic acids is 2. The van der Waals surface area contributed by atoms with Crippen LogP contribution in [0, 0.1) is 0 Å². The van der Waals surface area contributed by atoms with Crippen LogP contribution in [0.25, 0.3) is 0 Å². The molecule has 0 fully saturated rings. The Balaban J connectivity index is 2.50. The zero-order chi connectivity index (χ0) is 12.0. The summed E-state index contributed by atoms with van der Waals surface area (Å²) in [5.74, 6) is -0.155. The largest absolute Gasteiger partial charge is 0.469 e. The van der Waals surface area contributed by atoms with Gasteiger partial charge in [-0.15, -0.1) is 0 Å². The van der Waals surface area contributed by atoms with E-state index in [9.17, 15) is 9.59 Å². The first-order chi connectivity index (χ1) is 7.69. The number of aryl methyl sites for hydroxylation is 1. The zero-order valence-electron chi connectivity index (χ0n) is 9.41. The Labute approximate surface area is 93.8 Å². The van der Waals surface area contributed by atoms with Gasteiger partial charge in [0.05, 0.1) is 18.4 Å². The monoisotopic (exact) mass is 225 g/mol. The second-order valence-electron chi connectivity index (χ2n) is 3.10. The molecule has 0 bridgehead atoms. The van der Waals surface area contributed by atoms with Gasteiger partial charge in [-0.1, -0.05) is 6.92 Å². The average molecular weight is 225 g/mol. The van der Waals surface area contributed by atoms with Crippen LogP contribution in [-0.4, -0.2) is 25.0 Å². The minimum absolute atomic E-state index is 0.124. The van der Waals surface area contributed by atoms with Crippen molar-refractivity contribution in [3.05, 3.63) is 23.7 Å². The first-order valence-corrected chi connectivity index (χ1v) is 5.19. The quantitative estimate of drug-likeness (QED) is 0.763. The molecular weight excluding hydrogens is 210 g/mol. The number of hydrogen-bond acceptors (Lipinski definition) is 4. The maximum absolute atomic E-state index is 11.6. The van der Waals surface area contributed by atoms with Crippen molar-refractivity contribution >= 4 is 11.9 Å². The van der Waals surface area contributed by atoms with E-state index in [0.717, 1.165) is 0 Å². The van der Waals surface area contributed by atoms with Crippen LogP contribution in [0.1, 0.15) is 30.0 Å². The lowest BCUT2D eigenvalue weighted by atomic mass is 10.2. The summed E-state index contributed by atoms with van der Waals surface area (Å²) in [5, 5.41) is 2.47. The number of nitrogens with one attached hydrogen (secondary N) is 1. The summed E-state index contributed by atoms with van der Waals surface area (Å²) in [6.45, 7) is 3.79. The van der Waals surface area contributed by atoms with E-state index in [0.29, 0.717) is 24.4 Å². The first kappa shape index (κ1) is 12.3. The van der Waals surface area contributed by atoms with E-state index in [-0.39, 0.29) is 12.5 Å². The van der Waals surface area contributed by atoms with Gasteiger partial charge in [-0.25, -0.2) is 0 Å². The molecular formula is C11H15NO4. The molecule has 0 atom stereocenters. The second-order valence-corrected chi connectivity index (χ2v) is 3.10. The molecule has 1 rings (SSSR count). The molecule has 0 spiro atoms. The Morgan fingerprint density at radius 2 is 2.19 bits per heavy atom. The van der Waals surface area contributed by atoms with Crippen LogP contribution in [0.15, 0.2) is 16.7 Å². The SMILES string of the molecule is CCOC(=O)CNC(=O)c1ccoc1CC. The fraction of sp³-hybridized carbons (Fsp3) is 0.455. The van der Waals surface area contributed by atoms with Crippen LogP contribution in [0.3, 0.4) is 0 Å². The standard InChI is InChI=1S/C11H15NO4/c1-3-9-8(5-6-16-9)11(14)12-7-10(13)15-4-2/h5-6H,3-4,7H2,1-2H3,(H,12,14). The van der Waals surface area contributed by atoms with Crippen molar-refractivity contribution in [2.45, 2.75) is 20.3 Å². The maximum atomic E-state index is 11.6. The van der Waals surface area contributed by atoms with Crippen molar-refractivity contribution in [3.8, 4) is 0 Å². The maximum Gasteiger partial charge on any atom is 0.325 e. The van der Waals surface area contributed by atoms with Crippen LogP contribution >= 0.6 is 0 Å². The molecule has 0 aromatic carbocycles. The van der Waals surface area contributed by atoms with E-state index in [2.05, 4.69) is 10.1 Å². The summed E-state index contributed by atoms with van der Waals surface area (Å²) >= 11 is 0. The lowest BCUT2D eigenvalue weighted by Crippen LogP contribution is -2.30. The molecule has 5 nitrogen and oxygen atoms in total. The topological polar surface area (TPSA) is 68.5 Å². The first-order valence-electron chi connectivity index (χ1n) is 5.19. The van der Waals surface area contributed by atoms with Gasteiger partial charge in [0, 0.05) is 6.42 Å². The highest BCUT2D eigenvalue weighted by atomic mass is 16.5. The number of furan rings is 1. The molecule has 1 aromatic heterocycles. The molecule has 1 amide bonds. The fourth-order valence-corrected chi connectivity index (χ4v) is 1.28. The summed E-state index contributed by atoms with van der Waals surface area (Å²) in [7, 11) is 0. The molecule has 0 aliphatic heterocycles. The zero-order valence-corrected chi connectivity index (χ0v) is 9.41. The van der Waals surface area contributed by atoms with Gasteiger partial charge in [-0.05, 0) is 13.0 Å². The van der Waals surface area contributed by atoms with Gasteiger partial charge in [-0.3, -0.25) is 9.59 Å². The van der Waals surface area contributed by atoms with E-state index in [1.807, 2.05) is 6.92 Å². The number of carbonyl (C=O) groups is 2. The summed E-state index contributed by atoms with van der Waals surface area (Å²) in [6, 6.07) is 1.58. The van der Waals surface area contributed by atoms with Crippen molar-refractivity contribution in [1.82, 2.24) is 5.32 Å². The van der Waals surface area contributed by atoms with E-state index < -0.39 is 5.97 Å². The molecule has 1 N–H and O–H groups in total.